The molecular weight excluding hydrogens is 256 g/mol. The first-order chi connectivity index (χ1) is 8.50. The summed E-state index contributed by atoms with van der Waals surface area (Å²) in [4.78, 5) is 26.2. The van der Waals surface area contributed by atoms with E-state index in [0.29, 0.717) is 24.7 Å². The Hall–Kier alpha value is -0.950. The van der Waals surface area contributed by atoms with Gasteiger partial charge in [-0.25, -0.2) is 9.59 Å². The lowest BCUT2D eigenvalue weighted by atomic mass is 9.96. The molecule has 6 nitrogen and oxygen atoms in total. The van der Waals surface area contributed by atoms with Crippen LogP contribution in [-0.2, 0) is 4.79 Å². The molecule has 0 saturated carbocycles. The molecule has 0 spiro atoms. The van der Waals surface area contributed by atoms with E-state index in [4.69, 9.17) is 5.11 Å². The molecule has 0 aromatic heterocycles. The van der Waals surface area contributed by atoms with E-state index in [2.05, 4.69) is 0 Å². The first-order valence-electron chi connectivity index (χ1n) is 6.05. The van der Waals surface area contributed by atoms with Crippen LogP contribution in [0, 0.1) is 5.92 Å². The fourth-order valence-corrected chi connectivity index (χ4v) is 3.38. The van der Waals surface area contributed by atoms with Crippen LogP contribution in [0.4, 0.5) is 4.79 Å². The van der Waals surface area contributed by atoms with Gasteiger partial charge in [0.1, 0.15) is 6.04 Å². The predicted molar refractivity (Wildman–Crippen MR) is 67.3 cm³/mol. The molecule has 2 rings (SSSR count). The second-order valence-corrected chi connectivity index (χ2v) is 5.89. The molecule has 2 amide bonds. The minimum Gasteiger partial charge on any atom is -0.480 e. The highest BCUT2D eigenvalue weighted by atomic mass is 32.2. The number of carboxylic acids is 1. The molecule has 102 valence electrons. The summed E-state index contributed by atoms with van der Waals surface area (Å²) in [5.41, 5.74) is 0. The van der Waals surface area contributed by atoms with Crippen molar-refractivity contribution in [3.8, 4) is 0 Å². The maximum Gasteiger partial charge on any atom is 0.327 e. The zero-order chi connectivity index (χ0) is 13.3. The topological polar surface area (TPSA) is 81.1 Å². The summed E-state index contributed by atoms with van der Waals surface area (Å²) in [7, 11) is 0. The molecule has 3 atom stereocenters. The zero-order valence-electron chi connectivity index (χ0n) is 10.3. The van der Waals surface area contributed by atoms with E-state index in [0.717, 1.165) is 6.42 Å². The van der Waals surface area contributed by atoms with Crippen molar-refractivity contribution < 1.29 is 19.8 Å². The molecule has 0 radical (unpaired) electrons. The number of carbonyl (C=O) groups is 2. The number of carboxylic acid groups (broad SMARTS) is 1. The number of hydrogen-bond donors (Lipinski definition) is 2. The Bertz CT molecular complexity index is 352. The van der Waals surface area contributed by atoms with Gasteiger partial charge in [-0.1, -0.05) is 6.92 Å². The molecule has 2 aliphatic rings. The molecule has 18 heavy (non-hydrogen) atoms. The maximum absolute atomic E-state index is 12.2. The summed E-state index contributed by atoms with van der Waals surface area (Å²) >= 11 is 1.45. The van der Waals surface area contributed by atoms with Gasteiger partial charge in [0.15, 0.2) is 0 Å². The average Bonchev–Trinajstić information content (AvgIpc) is 2.81. The Labute approximate surface area is 110 Å². The van der Waals surface area contributed by atoms with E-state index in [9.17, 15) is 14.7 Å². The van der Waals surface area contributed by atoms with Gasteiger partial charge in [0.2, 0.25) is 0 Å². The monoisotopic (exact) mass is 274 g/mol. The molecule has 2 N–H and O–H groups in total. The van der Waals surface area contributed by atoms with E-state index in [-0.39, 0.29) is 11.9 Å². The minimum atomic E-state index is -0.959. The molecule has 7 heteroatoms. The summed E-state index contributed by atoms with van der Waals surface area (Å²) in [5, 5.41) is 18.8. The standard InChI is InChI=1S/C11H18N2O4S/c1-7-2-3-12(4-9(7)14)11(17)13-6-18-5-8(13)10(15)16/h7-9,14H,2-6H2,1H3,(H,15,16). The summed E-state index contributed by atoms with van der Waals surface area (Å²) in [6.07, 6.45) is 0.243. The summed E-state index contributed by atoms with van der Waals surface area (Å²) < 4.78 is 0. The van der Waals surface area contributed by atoms with Crippen LogP contribution >= 0.6 is 11.8 Å². The van der Waals surface area contributed by atoms with Gasteiger partial charge in [-0.2, -0.15) is 0 Å². The number of nitrogens with zero attached hydrogens (tertiary/aromatic N) is 2. The molecule has 0 aromatic rings. The van der Waals surface area contributed by atoms with E-state index in [1.54, 1.807) is 4.90 Å². The van der Waals surface area contributed by atoms with Crippen molar-refractivity contribution in [3.63, 3.8) is 0 Å². The van der Waals surface area contributed by atoms with Gasteiger partial charge in [0.25, 0.3) is 0 Å². The smallest absolute Gasteiger partial charge is 0.327 e. The summed E-state index contributed by atoms with van der Waals surface area (Å²) in [6.45, 7) is 2.84. The van der Waals surface area contributed by atoms with Crippen LogP contribution in [0.1, 0.15) is 13.3 Å². The highest BCUT2D eigenvalue weighted by molar-refractivity contribution is 7.99. The Balaban J connectivity index is 2.01. The van der Waals surface area contributed by atoms with Crippen molar-refractivity contribution in [1.82, 2.24) is 9.80 Å². The SMILES string of the molecule is CC1CCN(C(=O)N2CSCC2C(=O)O)CC1O. The van der Waals surface area contributed by atoms with Crippen LogP contribution in [-0.4, -0.2) is 68.9 Å². The fraction of sp³-hybridized carbons (Fsp3) is 0.818. The zero-order valence-corrected chi connectivity index (χ0v) is 11.1. The van der Waals surface area contributed by atoms with E-state index < -0.39 is 18.1 Å². The van der Waals surface area contributed by atoms with E-state index >= 15 is 0 Å². The molecule has 2 fully saturated rings. The molecule has 2 heterocycles. The van der Waals surface area contributed by atoms with E-state index in [1.165, 1.54) is 16.7 Å². The Morgan fingerprint density at radius 1 is 1.39 bits per heavy atom. The number of piperidine rings is 1. The number of hydrogen-bond acceptors (Lipinski definition) is 4. The lowest BCUT2D eigenvalue weighted by Gasteiger charge is -2.37. The van der Waals surface area contributed by atoms with Crippen LogP contribution in [0.2, 0.25) is 0 Å². The van der Waals surface area contributed by atoms with Gasteiger partial charge >= 0.3 is 12.0 Å². The largest absolute Gasteiger partial charge is 0.480 e. The quantitative estimate of drug-likeness (QED) is 0.717. The second kappa shape index (κ2) is 5.36. The van der Waals surface area contributed by atoms with Crippen molar-refractivity contribution in [2.45, 2.75) is 25.5 Å². The third-order valence-corrected chi connectivity index (χ3v) is 4.61. The third-order valence-electron chi connectivity index (χ3n) is 3.60. The van der Waals surface area contributed by atoms with Crippen molar-refractivity contribution in [1.29, 1.82) is 0 Å². The molecule has 0 aromatic carbocycles. The number of aliphatic carboxylic acids is 1. The normalized spacial score (nSPS) is 32.7. The Kier molecular flexibility index (Phi) is 4.01. The highest BCUT2D eigenvalue weighted by Gasteiger charge is 2.38. The van der Waals surface area contributed by atoms with Crippen LogP contribution in [0.5, 0.6) is 0 Å². The third kappa shape index (κ3) is 2.56. The number of urea groups is 1. The van der Waals surface area contributed by atoms with Gasteiger partial charge in [-0.3, -0.25) is 0 Å². The number of aliphatic hydroxyl groups excluding tert-OH is 1. The first kappa shape index (κ1) is 13.5. The summed E-state index contributed by atoms with van der Waals surface area (Å²) in [5.74, 6) is 0.0859. The fourth-order valence-electron chi connectivity index (χ4n) is 2.24. The van der Waals surface area contributed by atoms with Gasteiger partial charge in [-0.05, 0) is 12.3 Å². The number of likely N-dealkylation sites (tertiary alicyclic amines) is 1. The van der Waals surface area contributed by atoms with Gasteiger partial charge in [-0.15, -0.1) is 11.8 Å². The number of rotatable bonds is 1. The lowest BCUT2D eigenvalue weighted by Crippen LogP contribution is -2.53. The van der Waals surface area contributed by atoms with Crippen LogP contribution in [0.15, 0.2) is 0 Å². The molecule has 0 bridgehead atoms. The minimum absolute atomic E-state index is 0.192. The summed E-state index contributed by atoms with van der Waals surface area (Å²) in [6, 6.07) is -1.00. The van der Waals surface area contributed by atoms with Crippen molar-refractivity contribution in [2.24, 2.45) is 5.92 Å². The van der Waals surface area contributed by atoms with Crippen LogP contribution < -0.4 is 0 Å². The van der Waals surface area contributed by atoms with Crippen molar-refractivity contribution in [2.75, 3.05) is 24.7 Å². The number of amides is 2. The van der Waals surface area contributed by atoms with Gasteiger partial charge < -0.3 is 20.0 Å². The second-order valence-electron chi connectivity index (χ2n) is 4.89. The molecule has 2 saturated heterocycles. The number of carbonyl (C=O) groups excluding carboxylic acids is 1. The average molecular weight is 274 g/mol. The Morgan fingerprint density at radius 3 is 2.72 bits per heavy atom. The number of β-amino-alcohol motifs (C(OH)–C–C–N with tert-alkyl or cyclic N) is 1. The highest BCUT2D eigenvalue weighted by Crippen LogP contribution is 2.25. The lowest BCUT2D eigenvalue weighted by molar-refractivity contribution is -0.141. The van der Waals surface area contributed by atoms with Crippen LogP contribution in [0.25, 0.3) is 0 Å². The maximum atomic E-state index is 12.2. The van der Waals surface area contributed by atoms with Gasteiger partial charge in [0.05, 0.1) is 12.0 Å². The van der Waals surface area contributed by atoms with Crippen molar-refractivity contribution >= 4 is 23.8 Å². The van der Waals surface area contributed by atoms with Crippen LogP contribution in [0.3, 0.4) is 0 Å². The molecule has 2 aliphatic heterocycles. The first-order valence-corrected chi connectivity index (χ1v) is 7.20. The van der Waals surface area contributed by atoms with E-state index in [1.807, 2.05) is 6.92 Å². The number of aliphatic hydroxyl groups is 1. The Morgan fingerprint density at radius 2 is 2.11 bits per heavy atom. The predicted octanol–water partition coefficient (Wildman–Crippen LogP) is 0.269. The molecular formula is C11H18N2O4S. The number of thioether (sulfide) groups is 1. The molecule has 0 aliphatic carbocycles. The van der Waals surface area contributed by atoms with Crippen molar-refractivity contribution in [3.05, 3.63) is 0 Å². The molecule has 3 unspecified atom stereocenters. The van der Waals surface area contributed by atoms with Gasteiger partial charge in [0, 0.05) is 18.8 Å².